The zero-order chi connectivity index (χ0) is 57.3. The standard InChI is InChI=1S/C81H62N2O2/c1-79(2,3)81(80(4,5)6)75-60-46-39-53(51-35-42-58(43-36-51)82(56-21-9-7-10-22-56)70-31-19-29-66-62-26-15-17-33-72(62)84-77(66)70)49-55(60)41-48-68(75)74-64-28-14-13-25-61(64)69-50-54(40-47-65(69)76(74)81)52-37-44-59(45-38-52)83(57-23-11-8-12-24-57)71-32-20-30-67-63-27-16-18-34-73(63)85-78(67)71/h7-50H,1-6H3. The van der Waals surface area contributed by atoms with Crippen LogP contribution >= 0.6 is 0 Å². The van der Waals surface area contributed by atoms with Crippen LogP contribution in [-0.2, 0) is 5.41 Å². The molecule has 0 fully saturated rings. The Morgan fingerprint density at radius 3 is 1.24 bits per heavy atom. The number of fused-ring (bicyclic) bond motifs is 16. The zero-order valence-corrected chi connectivity index (χ0v) is 48.6. The molecule has 0 atom stereocenters. The molecule has 0 amide bonds. The Kier molecular flexibility index (Phi) is 11.3. The molecule has 0 aliphatic heterocycles. The molecule has 0 radical (unpaired) electrons. The van der Waals surface area contributed by atoms with E-state index < -0.39 is 5.41 Å². The number of nitrogens with zero attached hydrogens (tertiary/aromatic N) is 2. The third-order valence-electron chi connectivity index (χ3n) is 18.5. The van der Waals surface area contributed by atoms with Gasteiger partial charge < -0.3 is 18.6 Å². The van der Waals surface area contributed by atoms with Crippen LogP contribution in [0.5, 0.6) is 0 Å². The fourth-order valence-electron chi connectivity index (χ4n) is 15.3. The summed E-state index contributed by atoms with van der Waals surface area (Å²) >= 11 is 0. The summed E-state index contributed by atoms with van der Waals surface area (Å²) in [5, 5.41) is 12.2. The third kappa shape index (κ3) is 7.61. The summed E-state index contributed by atoms with van der Waals surface area (Å²) in [6, 6.07) is 97.3. The molecule has 16 rings (SSSR count). The van der Waals surface area contributed by atoms with E-state index in [4.69, 9.17) is 8.83 Å². The molecule has 1 aliphatic carbocycles. The minimum atomic E-state index is -0.397. The lowest BCUT2D eigenvalue weighted by atomic mass is 9.49. The number of rotatable bonds is 8. The first-order valence-corrected chi connectivity index (χ1v) is 29.7. The van der Waals surface area contributed by atoms with Crippen molar-refractivity contribution in [3.63, 3.8) is 0 Å². The van der Waals surface area contributed by atoms with Crippen molar-refractivity contribution in [3.05, 3.63) is 278 Å². The molecule has 15 aromatic rings. The molecule has 0 saturated heterocycles. The van der Waals surface area contributed by atoms with Gasteiger partial charge >= 0.3 is 0 Å². The van der Waals surface area contributed by atoms with Gasteiger partial charge in [0.25, 0.3) is 0 Å². The van der Waals surface area contributed by atoms with Crippen molar-refractivity contribution in [2.75, 3.05) is 9.80 Å². The Morgan fingerprint density at radius 1 is 0.294 bits per heavy atom. The zero-order valence-electron chi connectivity index (χ0n) is 48.6. The van der Waals surface area contributed by atoms with Gasteiger partial charge in [-0.3, -0.25) is 0 Å². The second kappa shape index (κ2) is 18.9. The van der Waals surface area contributed by atoms with Gasteiger partial charge in [-0.15, -0.1) is 0 Å². The number of anilines is 6. The average molecular weight is 1100 g/mol. The first-order chi connectivity index (χ1) is 41.4. The van der Waals surface area contributed by atoms with Gasteiger partial charge in [-0.05, 0) is 173 Å². The lowest BCUT2D eigenvalue weighted by Gasteiger charge is -2.54. The average Bonchev–Trinajstić information content (AvgIpc) is 1.89. The normalized spacial score (nSPS) is 13.2. The van der Waals surface area contributed by atoms with E-state index in [-0.39, 0.29) is 10.8 Å². The number of hydrogen-bond donors (Lipinski definition) is 0. The number of benzene rings is 13. The Labute approximate surface area is 495 Å². The summed E-state index contributed by atoms with van der Waals surface area (Å²) in [6.45, 7) is 14.9. The third-order valence-corrected chi connectivity index (χ3v) is 18.5. The fourth-order valence-corrected chi connectivity index (χ4v) is 15.3. The van der Waals surface area contributed by atoms with Crippen LogP contribution in [-0.4, -0.2) is 0 Å². The molecule has 0 saturated carbocycles. The molecule has 4 heteroatoms. The topological polar surface area (TPSA) is 32.8 Å². The Bertz CT molecular complexity index is 5120. The summed E-state index contributed by atoms with van der Waals surface area (Å²) in [4.78, 5) is 4.63. The maximum atomic E-state index is 6.63. The van der Waals surface area contributed by atoms with E-state index in [0.29, 0.717) is 0 Å². The molecular formula is C81H62N2O2. The summed E-state index contributed by atoms with van der Waals surface area (Å²) in [6.07, 6.45) is 0. The van der Waals surface area contributed by atoms with Gasteiger partial charge in [-0.1, -0.05) is 224 Å². The van der Waals surface area contributed by atoms with Gasteiger partial charge in [-0.2, -0.15) is 0 Å². The van der Waals surface area contributed by atoms with Crippen molar-refractivity contribution in [2.45, 2.75) is 47.0 Å². The Hall–Kier alpha value is -10.2. The molecule has 1 aliphatic rings. The number of furan rings is 2. The highest BCUT2D eigenvalue weighted by Crippen LogP contribution is 2.68. The molecule has 408 valence electrons. The fraction of sp³-hybridized carbons (Fsp3) is 0.111. The first kappa shape index (κ1) is 50.6. The highest BCUT2D eigenvalue weighted by atomic mass is 16.3. The maximum absolute atomic E-state index is 6.63. The second-order valence-corrected chi connectivity index (χ2v) is 25.2. The van der Waals surface area contributed by atoms with E-state index in [1.807, 2.05) is 12.1 Å². The molecule has 0 N–H and O–H groups in total. The molecule has 0 spiro atoms. The summed E-state index contributed by atoms with van der Waals surface area (Å²) in [5.74, 6) is 0. The van der Waals surface area contributed by atoms with Crippen LogP contribution in [0.15, 0.2) is 276 Å². The van der Waals surface area contributed by atoms with Gasteiger partial charge in [0.05, 0.1) is 11.4 Å². The van der Waals surface area contributed by atoms with Crippen LogP contribution in [0.1, 0.15) is 52.7 Å². The highest BCUT2D eigenvalue weighted by molar-refractivity contribution is 6.21. The van der Waals surface area contributed by atoms with Gasteiger partial charge in [0.1, 0.15) is 11.2 Å². The molecule has 0 unspecified atom stereocenters. The predicted molar refractivity (Wildman–Crippen MR) is 359 cm³/mol. The van der Waals surface area contributed by atoms with Gasteiger partial charge in [0.15, 0.2) is 11.2 Å². The summed E-state index contributed by atoms with van der Waals surface area (Å²) in [7, 11) is 0. The van der Waals surface area contributed by atoms with Crippen LogP contribution in [0.25, 0.3) is 110 Å². The van der Waals surface area contributed by atoms with Crippen LogP contribution in [0.4, 0.5) is 34.1 Å². The van der Waals surface area contributed by atoms with Crippen molar-refractivity contribution >= 4 is 110 Å². The predicted octanol–water partition coefficient (Wildman–Crippen LogP) is 23.6. The molecule has 2 aromatic heterocycles. The minimum Gasteiger partial charge on any atom is -0.454 e. The maximum Gasteiger partial charge on any atom is 0.159 e. The van der Waals surface area contributed by atoms with Gasteiger partial charge in [0.2, 0.25) is 0 Å². The van der Waals surface area contributed by atoms with E-state index >= 15 is 0 Å². The first-order valence-electron chi connectivity index (χ1n) is 29.7. The lowest BCUT2D eigenvalue weighted by Crippen LogP contribution is -2.50. The number of hydrogen-bond acceptors (Lipinski definition) is 4. The van der Waals surface area contributed by atoms with E-state index in [9.17, 15) is 0 Å². The Morgan fingerprint density at radius 2 is 0.718 bits per heavy atom. The van der Waals surface area contributed by atoms with Gasteiger partial charge in [0, 0.05) is 49.7 Å². The minimum absolute atomic E-state index is 0.202. The smallest absolute Gasteiger partial charge is 0.159 e. The molecule has 0 bridgehead atoms. The van der Waals surface area contributed by atoms with Crippen molar-refractivity contribution in [1.82, 2.24) is 0 Å². The summed E-state index contributed by atoms with van der Waals surface area (Å²) < 4.78 is 13.2. The van der Waals surface area contributed by atoms with E-state index in [2.05, 4.69) is 306 Å². The van der Waals surface area contributed by atoms with Crippen LogP contribution in [0.3, 0.4) is 0 Å². The van der Waals surface area contributed by atoms with Crippen LogP contribution in [0, 0.1) is 10.8 Å². The largest absolute Gasteiger partial charge is 0.454 e. The lowest BCUT2D eigenvalue weighted by molar-refractivity contribution is 0.0977. The Balaban J connectivity index is 0.805. The monoisotopic (exact) mass is 1090 g/mol. The van der Waals surface area contributed by atoms with E-state index in [1.165, 1.54) is 71.3 Å². The molecule has 2 heterocycles. The highest BCUT2D eigenvalue weighted by Gasteiger charge is 2.59. The van der Waals surface area contributed by atoms with E-state index in [0.717, 1.165) is 83.6 Å². The van der Waals surface area contributed by atoms with Crippen molar-refractivity contribution in [3.8, 4) is 33.4 Å². The van der Waals surface area contributed by atoms with Crippen molar-refractivity contribution in [2.24, 2.45) is 10.8 Å². The van der Waals surface area contributed by atoms with Crippen molar-refractivity contribution in [1.29, 1.82) is 0 Å². The molecule has 13 aromatic carbocycles. The molecule has 4 nitrogen and oxygen atoms in total. The molecular weight excluding hydrogens is 1030 g/mol. The SMILES string of the molecule is CC(C)(C)C1(C(C)(C)C)c2c(ccc3cc(-c4ccc(N(c5ccccc5)c5cccc6c5oc5ccccc56)cc4)ccc23)-c2c1c1ccc(-c3ccc(N(c4ccccc4)c4cccc5c4oc4ccccc45)cc3)cc1c1ccccc21. The second-order valence-electron chi connectivity index (χ2n) is 25.2. The van der Waals surface area contributed by atoms with Crippen molar-refractivity contribution < 1.29 is 8.83 Å². The van der Waals surface area contributed by atoms with Crippen LogP contribution in [0.2, 0.25) is 0 Å². The summed E-state index contributed by atoms with van der Waals surface area (Å²) in [5.41, 5.74) is 19.2. The molecule has 85 heavy (non-hydrogen) atoms. The van der Waals surface area contributed by atoms with Gasteiger partial charge in [-0.25, -0.2) is 0 Å². The quantitative estimate of drug-likeness (QED) is 0.142. The van der Waals surface area contributed by atoms with Crippen LogP contribution < -0.4 is 9.80 Å². The number of para-hydroxylation sites is 6. The van der Waals surface area contributed by atoms with E-state index in [1.54, 1.807) is 0 Å².